The maximum Gasteiger partial charge on any atom is 0.243 e. The maximum atomic E-state index is 13.3. The quantitative estimate of drug-likeness (QED) is 0.813. The molecular formula is C12H13F3N4O. The van der Waals surface area contributed by atoms with Crippen LogP contribution in [0.3, 0.4) is 0 Å². The molecule has 0 atom stereocenters. The Hall–Kier alpha value is -2.25. The maximum absolute atomic E-state index is 13.3. The smallest absolute Gasteiger partial charge is 0.243 e. The number of nitrogens with one attached hydrogen (secondary N) is 2. The molecule has 0 saturated carbocycles. The molecule has 2 N–H and O–H groups in total. The van der Waals surface area contributed by atoms with Crippen molar-refractivity contribution in [3.63, 3.8) is 0 Å². The highest BCUT2D eigenvalue weighted by molar-refractivity contribution is 5.95. The zero-order valence-electron chi connectivity index (χ0n) is 10.7. The lowest BCUT2D eigenvalue weighted by Crippen LogP contribution is -2.40. The summed E-state index contributed by atoms with van der Waals surface area (Å²) in [6.45, 7) is 1.24. The molecule has 0 saturated heterocycles. The molecule has 1 aromatic rings. The Morgan fingerprint density at radius 1 is 1.35 bits per heavy atom. The number of nitrogens with zero attached hydrogens (tertiary/aromatic N) is 2. The van der Waals surface area contributed by atoms with Crippen LogP contribution < -0.4 is 10.6 Å². The van der Waals surface area contributed by atoms with Crippen molar-refractivity contribution in [1.82, 2.24) is 10.2 Å². The monoisotopic (exact) mass is 286 g/mol. The number of halogens is 3. The van der Waals surface area contributed by atoms with Gasteiger partial charge in [0.05, 0.1) is 18.8 Å². The highest BCUT2D eigenvalue weighted by Gasteiger charge is 2.16. The average Bonchev–Trinajstić information content (AvgIpc) is 2.83. The van der Waals surface area contributed by atoms with Crippen LogP contribution in [0.4, 0.5) is 18.9 Å². The number of amides is 1. The first kappa shape index (κ1) is 14.2. The van der Waals surface area contributed by atoms with Crippen LogP contribution >= 0.6 is 0 Å². The molecule has 1 aliphatic rings. The minimum Gasteiger partial charge on any atom is -0.347 e. The number of hydrogen-bond acceptors (Lipinski definition) is 4. The predicted molar refractivity (Wildman–Crippen MR) is 67.9 cm³/mol. The number of benzene rings is 1. The third kappa shape index (κ3) is 3.01. The highest BCUT2D eigenvalue weighted by atomic mass is 19.2. The van der Waals surface area contributed by atoms with Crippen LogP contribution in [0, 0.1) is 17.5 Å². The topological polar surface area (TPSA) is 56.7 Å². The van der Waals surface area contributed by atoms with Crippen LogP contribution in [-0.4, -0.2) is 43.4 Å². The van der Waals surface area contributed by atoms with E-state index in [0.29, 0.717) is 12.5 Å². The number of guanidine groups is 1. The Balaban J connectivity index is 1.93. The van der Waals surface area contributed by atoms with E-state index in [4.69, 9.17) is 0 Å². The molecule has 0 fully saturated rings. The van der Waals surface area contributed by atoms with Crippen LogP contribution in [0.15, 0.2) is 17.1 Å². The summed E-state index contributed by atoms with van der Waals surface area (Å²) in [5.41, 5.74) is -0.405. The van der Waals surface area contributed by atoms with Gasteiger partial charge in [0.25, 0.3) is 0 Å². The standard InChI is InChI=1S/C12H13F3N4O/c1-19-5-4-16-12(19)17-6-9(20)18-8-3-2-7(13)10(14)11(8)15/h2-3H,4-6H2,1H3,(H,16,17)(H,18,20). The molecule has 20 heavy (non-hydrogen) atoms. The van der Waals surface area contributed by atoms with E-state index in [9.17, 15) is 18.0 Å². The SMILES string of the molecule is CN1CCN=C1NCC(=O)Nc1ccc(F)c(F)c1F. The van der Waals surface area contributed by atoms with Crippen molar-refractivity contribution in [2.45, 2.75) is 0 Å². The van der Waals surface area contributed by atoms with Crippen LogP contribution in [0.5, 0.6) is 0 Å². The number of anilines is 1. The Labute approximate surface area is 113 Å². The third-order valence-electron chi connectivity index (χ3n) is 2.77. The normalized spacial score (nSPS) is 14.2. The van der Waals surface area contributed by atoms with Crippen LogP contribution in [0.2, 0.25) is 0 Å². The van der Waals surface area contributed by atoms with Gasteiger partial charge in [0.1, 0.15) is 0 Å². The van der Waals surface area contributed by atoms with Gasteiger partial charge < -0.3 is 15.5 Å². The second-order valence-corrected chi connectivity index (χ2v) is 4.25. The lowest BCUT2D eigenvalue weighted by atomic mass is 10.2. The fourth-order valence-electron chi connectivity index (χ4n) is 1.70. The fourth-order valence-corrected chi connectivity index (χ4v) is 1.70. The summed E-state index contributed by atoms with van der Waals surface area (Å²) >= 11 is 0. The van der Waals surface area contributed by atoms with Crippen molar-refractivity contribution < 1.29 is 18.0 Å². The summed E-state index contributed by atoms with van der Waals surface area (Å²) in [7, 11) is 1.81. The van der Waals surface area contributed by atoms with Crippen molar-refractivity contribution in [3.05, 3.63) is 29.6 Å². The molecule has 1 heterocycles. The lowest BCUT2D eigenvalue weighted by Gasteiger charge is -2.15. The molecule has 1 amide bonds. The summed E-state index contributed by atoms with van der Waals surface area (Å²) in [6, 6.07) is 1.71. The molecule has 5 nitrogen and oxygen atoms in total. The van der Waals surface area contributed by atoms with Crippen molar-refractivity contribution >= 4 is 17.6 Å². The highest BCUT2D eigenvalue weighted by Crippen LogP contribution is 2.19. The van der Waals surface area contributed by atoms with E-state index in [1.54, 1.807) is 0 Å². The number of carbonyl (C=O) groups excluding carboxylic acids is 1. The molecule has 0 aromatic heterocycles. The van der Waals surface area contributed by atoms with Crippen LogP contribution in [0.1, 0.15) is 0 Å². The van der Waals surface area contributed by atoms with Crippen LogP contribution in [-0.2, 0) is 4.79 Å². The summed E-state index contributed by atoms with van der Waals surface area (Å²) < 4.78 is 39.1. The average molecular weight is 286 g/mol. The third-order valence-corrected chi connectivity index (χ3v) is 2.77. The number of carbonyl (C=O) groups is 1. The van der Waals surface area contributed by atoms with Crippen molar-refractivity contribution in [2.24, 2.45) is 4.99 Å². The fraction of sp³-hybridized carbons (Fsp3) is 0.333. The van der Waals surface area contributed by atoms with Crippen molar-refractivity contribution in [2.75, 3.05) is 32.0 Å². The van der Waals surface area contributed by atoms with Crippen molar-refractivity contribution in [3.8, 4) is 0 Å². The van der Waals surface area contributed by atoms with Gasteiger partial charge in [-0.1, -0.05) is 0 Å². The summed E-state index contributed by atoms with van der Waals surface area (Å²) in [5.74, 6) is -4.37. The lowest BCUT2D eigenvalue weighted by molar-refractivity contribution is -0.115. The minimum absolute atomic E-state index is 0.151. The molecule has 0 radical (unpaired) electrons. The molecular weight excluding hydrogens is 273 g/mol. The van der Waals surface area contributed by atoms with Gasteiger partial charge in [0.2, 0.25) is 5.91 Å². The molecule has 8 heteroatoms. The Morgan fingerprint density at radius 3 is 2.75 bits per heavy atom. The zero-order chi connectivity index (χ0) is 14.7. The van der Waals surface area contributed by atoms with Gasteiger partial charge in [0, 0.05) is 13.6 Å². The number of hydrogen-bond donors (Lipinski definition) is 2. The predicted octanol–water partition coefficient (Wildman–Crippen LogP) is 0.933. The first-order chi connectivity index (χ1) is 9.49. The number of rotatable bonds is 3. The molecule has 0 unspecified atom stereocenters. The van der Waals surface area contributed by atoms with Gasteiger partial charge in [-0.2, -0.15) is 0 Å². The Kier molecular flexibility index (Phi) is 4.11. The van der Waals surface area contributed by atoms with Crippen LogP contribution in [0.25, 0.3) is 0 Å². The van der Waals surface area contributed by atoms with Gasteiger partial charge in [0.15, 0.2) is 23.4 Å². The van der Waals surface area contributed by atoms with Gasteiger partial charge >= 0.3 is 0 Å². The molecule has 108 valence electrons. The molecule has 2 rings (SSSR count). The largest absolute Gasteiger partial charge is 0.347 e. The molecule has 0 spiro atoms. The summed E-state index contributed by atoms with van der Waals surface area (Å²) in [5, 5.41) is 4.93. The number of likely N-dealkylation sites (N-methyl/N-ethyl adjacent to an activating group) is 1. The number of aliphatic imine (C=N–C) groups is 1. The minimum atomic E-state index is -1.62. The van der Waals surface area contributed by atoms with E-state index in [2.05, 4.69) is 15.6 Å². The van der Waals surface area contributed by atoms with E-state index in [-0.39, 0.29) is 6.54 Å². The Morgan fingerprint density at radius 2 is 2.10 bits per heavy atom. The van der Waals surface area contributed by atoms with Gasteiger partial charge in [-0.05, 0) is 12.1 Å². The molecule has 0 bridgehead atoms. The zero-order valence-corrected chi connectivity index (χ0v) is 10.7. The van der Waals surface area contributed by atoms with E-state index in [1.165, 1.54) is 0 Å². The first-order valence-electron chi connectivity index (χ1n) is 5.92. The Bertz CT molecular complexity index is 562. The van der Waals surface area contributed by atoms with Gasteiger partial charge in [-0.25, -0.2) is 13.2 Å². The van der Waals surface area contributed by atoms with Gasteiger partial charge in [-0.15, -0.1) is 0 Å². The second kappa shape index (κ2) is 5.81. The van der Waals surface area contributed by atoms with Gasteiger partial charge in [-0.3, -0.25) is 9.79 Å². The molecule has 1 aliphatic heterocycles. The summed E-state index contributed by atoms with van der Waals surface area (Å²) in [6.07, 6.45) is 0. The first-order valence-corrected chi connectivity index (χ1v) is 5.92. The molecule has 0 aliphatic carbocycles. The molecule has 1 aromatic carbocycles. The summed E-state index contributed by atoms with van der Waals surface area (Å²) in [4.78, 5) is 17.5. The van der Waals surface area contributed by atoms with E-state index < -0.39 is 29.0 Å². The van der Waals surface area contributed by atoms with E-state index in [0.717, 1.165) is 18.7 Å². The van der Waals surface area contributed by atoms with Crippen molar-refractivity contribution in [1.29, 1.82) is 0 Å². The van der Waals surface area contributed by atoms with E-state index in [1.807, 2.05) is 11.9 Å². The van der Waals surface area contributed by atoms with E-state index >= 15 is 0 Å². The second-order valence-electron chi connectivity index (χ2n) is 4.25.